The van der Waals surface area contributed by atoms with E-state index < -0.39 is 78.1 Å². The second-order valence-corrected chi connectivity index (χ2v) is 10.8. The van der Waals surface area contributed by atoms with Crippen molar-refractivity contribution in [3.63, 3.8) is 0 Å². The summed E-state index contributed by atoms with van der Waals surface area (Å²) in [6, 6.07) is -6.42. The molecule has 0 aromatic carbocycles. The fraction of sp³-hybridized carbons (Fsp3) is 0.615. The van der Waals surface area contributed by atoms with Gasteiger partial charge in [-0.2, -0.15) is 0 Å². The third-order valence-corrected chi connectivity index (χ3v) is 6.80. The Morgan fingerprint density at radius 1 is 1.02 bits per heavy atom. The van der Waals surface area contributed by atoms with Crippen molar-refractivity contribution in [3.05, 3.63) is 18.2 Å². The molecule has 1 aliphatic heterocycles. The van der Waals surface area contributed by atoms with E-state index in [-0.39, 0.29) is 44.6 Å². The molecule has 0 saturated carbocycles. The number of carboxylic acid groups (broad SMARTS) is 2. The molecule has 1 aromatic rings. The first-order chi connectivity index (χ1) is 20.2. The summed E-state index contributed by atoms with van der Waals surface area (Å²) in [5.74, 6) is -6.86. The number of carboxylic acids is 2. The zero-order chi connectivity index (χ0) is 32.3. The molecule has 0 spiro atoms. The molecule has 238 valence electrons. The molecule has 2 rings (SSSR count). The molecule has 5 atom stereocenters. The molecule has 5 amide bonds. The van der Waals surface area contributed by atoms with Gasteiger partial charge in [0.05, 0.1) is 18.8 Å². The first kappa shape index (κ1) is 34.7. The summed E-state index contributed by atoms with van der Waals surface area (Å²) in [6.07, 6.45) is 2.31. The molecule has 0 unspecified atom stereocenters. The highest BCUT2D eigenvalue weighted by Crippen LogP contribution is 2.19. The number of nitrogens with zero attached hydrogens (tertiary/aromatic N) is 2. The van der Waals surface area contributed by atoms with E-state index in [9.17, 15) is 43.8 Å². The quantitative estimate of drug-likeness (QED) is 0.0922. The summed E-state index contributed by atoms with van der Waals surface area (Å²) < 4.78 is 0. The lowest BCUT2D eigenvalue weighted by Crippen LogP contribution is -2.59. The van der Waals surface area contributed by atoms with E-state index >= 15 is 0 Å². The number of carbonyl (C=O) groups is 7. The van der Waals surface area contributed by atoms with Gasteiger partial charge in [0.25, 0.3) is 0 Å². The Bertz CT molecular complexity index is 1170. The van der Waals surface area contributed by atoms with Gasteiger partial charge in [-0.15, -0.1) is 0 Å². The number of likely N-dealkylation sites (tertiary alicyclic amines) is 1. The number of hydrogen-bond acceptors (Lipinski definition) is 9. The number of carbonyl (C=O) groups excluding carboxylic acids is 5. The zero-order valence-electron chi connectivity index (χ0n) is 24.1. The number of amides is 5. The molecule has 2 heterocycles. The SMILES string of the molecule is CC(C)C[C@H](NC(=O)[C@H](CCC(N)=O)NC(=O)[C@@H](N)Cc1cnc[nH]1)C(=O)N[C@@H](CC(=O)O)C(=O)N1CCC[C@H]1C(=O)O. The Kier molecular flexibility index (Phi) is 13.0. The summed E-state index contributed by atoms with van der Waals surface area (Å²) in [5.41, 5.74) is 11.8. The van der Waals surface area contributed by atoms with Gasteiger partial charge in [-0.25, -0.2) is 9.78 Å². The van der Waals surface area contributed by atoms with Crippen LogP contribution in [0.15, 0.2) is 12.5 Å². The van der Waals surface area contributed by atoms with Gasteiger partial charge in [-0.3, -0.25) is 28.8 Å². The molecule has 1 fully saturated rings. The van der Waals surface area contributed by atoms with Crippen molar-refractivity contribution < 1.29 is 43.8 Å². The Hall–Kier alpha value is -4.54. The van der Waals surface area contributed by atoms with Gasteiger partial charge < -0.3 is 47.5 Å². The number of H-pyrrole nitrogens is 1. The molecule has 0 bridgehead atoms. The largest absolute Gasteiger partial charge is 0.481 e. The van der Waals surface area contributed by atoms with E-state index in [1.807, 2.05) is 0 Å². The molecule has 1 aromatic heterocycles. The molecule has 1 aliphatic rings. The van der Waals surface area contributed by atoms with Gasteiger partial charge in [0.2, 0.25) is 29.5 Å². The van der Waals surface area contributed by atoms with E-state index in [4.69, 9.17) is 11.5 Å². The van der Waals surface area contributed by atoms with Crippen LogP contribution in [-0.4, -0.2) is 103 Å². The molecule has 10 N–H and O–H groups in total. The summed E-state index contributed by atoms with van der Waals surface area (Å²) in [5, 5.41) is 26.2. The van der Waals surface area contributed by atoms with Crippen LogP contribution in [0.2, 0.25) is 0 Å². The van der Waals surface area contributed by atoms with Crippen LogP contribution in [0.5, 0.6) is 0 Å². The van der Waals surface area contributed by atoms with Crippen LogP contribution in [0.4, 0.5) is 0 Å². The lowest BCUT2D eigenvalue weighted by Gasteiger charge is -2.29. The zero-order valence-corrected chi connectivity index (χ0v) is 24.1. The fourth-order valence-corrected chi connectivity index (χ4v) is 4.67. The van der Waals surface area contributed by atoms with E-state index in [2.05, 4.69) is 25.9 Å². The van der Waals surface area contributed by atoms with Crippen molar-refractivity contribution in [3.8, 4) is 0 Å². The minimum atomic E-state index is -1.60. The van der Waals surface area contributed by atoms with Crippen molar-refractivity contribution >= 4 is 41.5 Å². The van der Waals surface area contributed by atoms with Crippen LogP contribution >= 0.6 is 0 Å². The Morgan fingerprint density at radius 3 is 2.21 bits per heavy atom. The van der Waals surface area contributed by atoms with Crippen molar-refractivity contribution in [1.29, 1.82) is 0 Å². The number of aromatic nitrogens is 2. The molecular formula is C26H40N8O9. The summed E-state index contributed by atoms with van der Waals surface area (Å²) in [4.78, 5) is 94.8. The van der Waals surface area contributed by atoms with Crippen LogP contribution in [0.3, 0.4) is 0 Å². The van der Waals surface area contributed by atoms with E-state index in [1.54, 1.807) is 13.8 Å². The maximum absolute atomic E-state index is 13.3. The second kappa shape index (κ2) is 16.2. The van der Waals surface area contributed by atoms with Gasteiger partial charge in [0.15, 0.2) is 0 Å². The highest BCUT2D eigenvalue weighted by atomic mass is 16.4. The number of imidazole rings is 1. The number of aromatic amines is 1. The second-order valence-electron chi connectivity index (χ2n) is 10.8. The number of nitrogens with one attached hydrogen (secondary N) is 4. The van der Waals surface area contributed by atoms with Crippen molar-refractivity contribution in [2.75, 3.05) is 6.54 Å². The summed E-state index contributed by atoms with van der Waals surface area (Å²) in [7, 11) is 0. The monoisotopic (exact) mass is 608 g/mol. The molecule has 43 heavy (non-hydrogen) atoms. The predicted molar refractivity (Wildman–Crippen MR) is 149 cm³/mol. The number of aliphatic carboxylic acids is 2. The molecular weight excluding hydrogens is 568 g/mol. The van der Waals surface area contributed by atoms with E-state index in [0.717, 1.165) is 4.90 Å². The maximum atomic E-state index is 13.3. The van der Waals surface area contributed by atoms with Crippen LogP contribution in [0, 0.1) is 5.92 Å². The Morgan fingerprint density at radius 2 is 1.65 bits per heavy atom. The van der Waals surface area contributed by atoms with Crippen molar-refractivity contribution in [2.24, 2.45) is 17.4 Å². The van der Waals surface area contributed by atoms with Gasteiger partial charge >= 0.3 is 11.9 Å². The maximum Gasteiger partial charge on any atom is 0.326 e. The summed E-state index contributed by atoms with van der Waals surface area (Å²) in [6.45, 7) is 3.60. The van der Waals surface area contributed by atoms with E-state index in [0.29, 0.717) is 12.1 Å². The fourth-order valence-electron chi connectivity index (χ4n) is 4.67. The van der Waals surface area contributed by atoms with Gasteiger partial charge in [-0.05, 0) is 31.6 Å². The third-order valence-electron chi connectivity index (χ3n) is 6.80. The number of nitrogens with two attached hydrogens (primary N) is 2. The molecule has 0 radical (unpaired) electrons. The average molecular weight is 609 g/mol. The van der Waals surface area contributed by atoms with Crippen LogP contribution in [-0.2, 0) is 40.0 Å². The van der Waals surface area contributed by atoms with Crippen molar-refractivity contribution in [1.82, 2.24) is 30.8 Å². The normalized spacial score (nSPS) is 17.4. The number of rotatable bonds is 17. The standard InChI is InChI=1S/C26H40N8O9/c1-13(2)8-17(24(40)33-18(10-21(36)37)25(41)34-7-3-4-19(34)26(42)43)32-23(39)16(5-6-20(28)35)31-22(38)15(27)9-14-11-29-12-30-14/h11-13,15-19H,3-10,27H2,1-2H3,(H2,28,35)(H,29,30)(H,31,38)(H,32,39)(H,33,40)(H,36,37)(H,42,43)/t15-,16-,17-,18-,19-/m0/s1. The molecule has 1 saturated heterocycles. The van der Waals surface area contributed by atoms with Gasteiger partial charge in [-0.1, -0.05) is 13.8 Å². The number of primary amides is 1. The van der Waals surface area contributed by atoms with Crippen molar-refractivity contribution in [2.45, 2.75) is 89.0 Å². The molecule has 17 nitrogen and oxygen atoms in total. The highest BCUT2D eigenvalue weighted by Gasteiger charge is 2.39. The van der Waals surface area contributed by atoms with Crippen LogP contribution in [0.1, 0.15) is 58.1 Å². The van der Waals surface area contributed by atoms with E-state index in [1.165, 1.54) is 12.5 Å². The lowest BCUT2D eigenvalue weighted by atomic mass is 10.0. The average Bonchev–Trinajstić information content (AvgIpc) is 3.61. The first-order valence-corrected chi connectivity index (χ1v) is 13.9. The van der Waals surface area contributed by atoms with Crippen LogP contribution < -0.4 is 27.4 Å². The lowest BCUT2D eigenvalue weighted by molar-refractivity contribution is -0.150. The Labute approximate surface area is 247 Å². The number of hydrogen-bond donors (Lipinski definition) is 8. The molecule has 17 heteroatoms. The highest BCUT2D eigenvalue weighted by molar-refractivity contribution is 5.96. The van der Waals surface area contributed by atoms with Crippen LogP contribution in [0.25, 0.3) is 0 Å². The molecule has 0 aliphatic carbocycles. The topological polar surface area (TPSA) is 280 Å². The van der Waals surface area contributed by atoms with Gasteiger partial charge in [0.1, 0.15) is 24.2 Å². The first-order valence-electron chi connectivity index (χ1n) is 13.9. The summed E-state index contributed by atoms with van der Waals surface area (Å²) >= 11 is 0. The minimum Gasteiger partial charge on any atom is -0.481 e. The van der Waals surface area contributed by atoms with Gasteiger partial charge in [0, 0.05) is 31.3 Å². The smallest absolute Gasteiger partial charge is 0.326 e. The Balaban J connectivity index is 2.20. The minimum absolute atomic E-state index is 0.0584. The predicted octanol–water partition coefficient (Wildman–Crippen LogP) is -2.40. The third kappa shape index (κ3) is 11.0.